The standard InChI is InChI=1S/C21H23N3O4S/c1-2-20(25)23-17-10-15-13-24(14-16(15)11-17)29(26,27)19-8-9-21(22-12-19)28-18-6-4-3-5-7-18/h2-9,12,15-17H,1,10-11,13-14H2,(H,23,25). The summed E-state index contributed by atoms with van der Waals surface area (Å²) in [5, 5.41) is 2.92. The number of hydrogen-bond donors (Lipinski definition) is 1. The van der Waals surface area contributed by atoms with E-state index in [-0.39, 0.29) is 28.7 Å². The SMILES string of the molecule is C=CC(=O)NC1CC2CN(S(=O)(=O)c3ccc(Oc4ccccc4)nc3)CC2C1. The van der Waals surface area contributed by atoms with Gasteiger partial charge >= 0.3 is 0 Å². The van der Waals surface area contributed by atoms with Gasteiger partial charge in [0.25, 0.3) is 0 Å². The Kier molecular flexibility index (Phi) is 5.38. The van der Waals surface area contributed by atoms with E-state index in [2.05, 4.69) is 16.9 Å². The average molecular weight is 413 g/mol. The molecule has 1 N–H and O–H groups in total. The van der Waals surface area contributed by atoms with Crippen LogP contribution in [0.15, 0.2) is 66.2 Å². The summed E-state index contributed by atoms with van der Waals surface area (Å²) in [5.74, 6) is 1.32. The van der Waals surface area contributed by atoms with Crippen LogP contribution in [0, 0.1) is 11.8 Å². The van der Waals surface area contributed by atoms with Crippen molar-refractivity contribution in [2.75, 3.05) is 13.1 Å². The smallest absolute Gasteiger partial charge is 0.244 e. The minimum absolute atomic E-state index is 0.0939. The molecule has 0 radical (unpaired) electrons. The topological polar surface area (TPSA) is 88.6 Å². The number of carbonyl (C=O) groups excluding carboxylic acids is 1. The summed E-state index contributed by atoms with van der Waals surface area (Å²) in [7, 11) is -3.60. The molecule has 1 saturated carbocycles. The molecule has 1 aromatic heterocycles. The number of pyridine rings is 1. The predicted molar refractivity (Wildman–Crippen MR) is 108 cm³/mol. The molecule has 1 aliphatic heterocycles. The average Bonchev–Trinajstić information content (AvgIpc) is 3.28. The number of nitrogens with zero attached hydrogens (tertiary/aromatic N) is 2. The monoisotopic (exact) mass is 413 g/mol. The number of fused-ring (bicyclic) bond motifs is 1. The van der Waals surface area contributed by atoms with Gasteiger partial charge in [0.05, 0.1) is 6.20 Å². The fraction of sp³-hybridized carbons (Fsp3) is 0.333. The summed E-state index contributed by atoms with van der Waals surface area (Å²) in [6, 6.07) is 12.4. The summed E-state index contributed by atoms with van der Waals surface area (Å²) in [4.78, 5) is 15.8. The summed E-state index contributed by atoms with van der Waals surface area (Å²) in [6.45, 7) is 4.40. The number of ether oxygens (including phenoxy) is 1. The molecule has 1 amide bonds. The quantitative estimate of drug-likeness (QED) is 0.736. The van der Waals surface area contributed by atoms with Crippen molar-refractivity contribution in [2.45, 2.75) is 23.8 Å². The number of amides is 1. The number of rotatable bonds is 6. The van der Waals surface area contributed by atoms with Gasteiger partial charge in [-0.15, -0.1) is 0 Å². The second-order valence-corrected chi connectivity index (χ2v) is 9.41. The molecular formula is C21H23N3O4S. The minimum atomic E-state index is -3.60. The number of aromatic nitrogens is 1. The van der Waals surface area contributed by atoms with Crippen LogP contribution in [0.5, 0.6) is 11.6 Å². The number of sulfonamides is 1. The van der Waals surface area contributed by atoms with E-state index < -0.39 is 10.0 Å². The minimum Gasteiger partial charge on any atom is -0.439 e. The van der Waals surface area contributed by atoms with Crippen molar-refractivity contribution in [2.24, 2.45) is 11.8 Å². The molecule has 29 heavy (non-hydrogen) atoms. The molecule has 0 spiro atoms. The fourth-order valence-electron chi connectivity index (χ4n) is 4.17. The normalized spacial score (nSPS) is 24.1. The van der Waals surface area contributed by atoms with Crippen LogP contribution in [0.3, 0.4) is 0 Å². The number of benzene rings is 1. The Balaban J connectivity index is 1.40. The van der Waals surface area contributed by atoms with E-state index >= 15 is 0 Å². The van der Waals surface area contributed by atoms with E-state index in [0.29, 0.717) is 24.7 Å². The largest absolute Gasteiger partial charge is 0.439 e. The van der Waals surface area contributed by atoms with E-state index in [1.807, 2.05) is 18.2 Å². The van der Waals surface area contributed by atoms with Crippen LogP contribution in [0.25, 0.3) is 0 Å². The van der Waals surface area contributed by atoms with E-state index in [1.165, 1.54) is 22.6 Å². The van der Waals surface area contributed by atoms with Gasteiger partial charge in [-0.2, -0.15) is 4.31 Å². The molecule has 1 aromatic carbocycles. The van der Waals surface area contributed by atoms with Crippen molar-refractivity contribution in [3.8, 4) is 11.6 Å². The maximum atomic E-state index is 13.0. The van der Waals surface area contributed by atoms with Crippen molar-refractivity contribution in [1.29, 1.82) is 0 Å². The number of para-hydroxylation sites is 1. The summed E-state index contributed by atoms with van der Waals surface area (Å²) < 4.78 is 33.2. The van der Waals surface area contributed by atoms with Crippen LogP contribution in [-0.2, 0) is 14.8 Å². The summed E-state index contributed by atoms with van der Waals surface area (Å²) in [6.07, 6.45) is 4.19. The Labute approximate surface area is 170 Å². The molecule has 152 valence electrons. The van der Waals surface area contributed by atoms with Crippen LogP contribution in [0.1, 0.15) is 12.8 Å². The van der Waals surface area contributed by atoms with Gasteiger partial charge in [-0.25, -0.2) is 13.4 Å². The van der Waals surface area contributed by atoms with Gasteiger partial charge in [0.15, 0.2) is 0 Å². The maximum Gasteiger partial charge on any atom is 0.244 e. The Bertz CT molecular complexity index is 978. The van der Waals surface area contributed by atoms with Crippen LogP contribution in [0.4, 0.5) is 0 Å². The molecule has 2 aliphatic rings. The van der Waals surface area contributed by atoms with E-state index in [4.69, 9.17) is 4.74 Å². The first kappa shape index (κ1) is 19.6. The number of nitrogens with one attached hydrogen (secondary N) is 1. The highest BCUT2D eigenvalue weighted by atomic mass is 32.2. The maximum absolute atomic E-state index is 13.0. The van der Waals surface area contributed by atoms with Gasteiger partial charge in [-0.3, -0.25) is 4.79 Å². The van der Waals surface area contributed by atoms with E-state index in [0.717, 1.165) is 12.8 Å². The van der Waals surface area contributed by atoms with Crippen LogP contribution in [-0.4, -0.2) is 42.7 Å². The molecule has 2 atom stereocenters. The highest BCUT2D eigenvalue weighted by molar-refractivity contribution is 7.89. The van der Waals surface area contributed by atoms with Crippen LogP contribution in [0.2, 0.25) is 0 Å². The lowest BCUT2D eigenvalue weighted by Crippen LogP contribution is -2.35. The summed E-state index contributed by atoms with van der Waals surface area (Å²) in [5.41, 5.74) is 0. The van der Waals surface area contributed by atoms with Crippen molar-refractivity contribution >= 4 is 15.9 Å². The molecule has 2 unspecified atom stereocenters. The van der Waals surface area contributed by atoms with Gasteiger partial charge in [-0.1, -0.05) is 24.8 Å². The molecule has 8 heteroatoms. The van der Waals surface area contributed by atoms with Gasteiger partial charge in [-0.05, 0) is 49.0 Å². The lowest BCUT2D eigenvalue weighted by molar-refractivity contribution is -0.117. The van der Waals surface area contributed by atoms with Crippen LogP contribution < -0.4 is 10.1 Å². The van der Waals surface area contributed by atoms with E-state index in [9.17, 15) is 13.2 Å². The first-order chi connectivity index (χ1) is 14.0. The zero-order chi connectivity index (χ0) is 20.4. The fourth-order valence-corrected chi connectivity index (χ4v) is 5.67. The predicted octanol–water partition coefficient (Wildman–Crippen LogP) is 2.58. The highest BCUT2D eigenvalue weighted by Gasteiger charge is 2.45. The van der Waals surface area contributed by atoms with E-state index in [1.54, 1.807) is 18.2 Å². The highest BCUT2D eigenvalue weighted by Crippen LogP contribution is 2.40. The molecule has 1 saturated heterocycles. The molecular weight excluding hydrogens is 390 g/mol. The zero-order valence-electron chi connectivity index (χ0n) is 15.9. The molecule has 7 nitrogen and oxygen atoms in total. The Morgan fingerprint density at radius 3 is 2.41 bits per heavy atom. The summed E-state index contributed by atoms with van der Waals surface area (Å²) >= 11 is 0. The lowest BCUT2D eigenvalue weighted by atomic mass is 10.0. The molecule has 2 heterocycles. The number of carbonyl (C=O) groups is 1. The molecule has 1 aliphatic carbocycles. The third kappa shape index (κ3) is 4.18. The molecule has 2 fully saturated rings. The second kappa shape index (κ2) is 7.96. The van der Waals surface area contributed by atoms with Crippen molar-refractivity contribution in [1.82, 2.24) is 14.6 Å². The first-order valence-electron chi connectivity index (χ1n) is 9.58. The third-order valence-corrected chi connectivity index (χ3v) is 7.38. The Morgan fingerprint density at radius 1 is 1.14 bits per heavy atom. The molecule has 0 bridgehead atoms. The third-order valence-electron chi connectivity index (χ3n) is 5.56. The van der Waals surface area contributed by atoms with Gasteiger partial charge in [0.1, 0.15) is 10.6 Å². The zero-order valence-corrected chi connectivity index (χ0v) is 16.7. The first-order valence-corrected chi connectivity index (χ1v) is 11.0. The van der Waals surface area contributed by atoms with Crippen LogP contribution >= 0.6 is 0 Å². The molecule has 2 aromatic rings. The Morgan fingerprint density at radius 2 is 1.83 bits per heavy atom. The van der Waals surface area contributed by atoms with Crippen molar-refractivity contribution in [3.63, 3.8) is 0 Å². The van der Waals surface area contributed by atoms with Gasteiger partial charge < -0.3 is 10.1 Å². The lowest BCUT2D eigenvalue weighted by Gasteiger charge is -2.19. The van der Waals surface area contributed by atoms with Crippen molar-refractivity contribution < 1.29 is 17.9 Å². The molecule has 4 rings (SSSR count). The van der Waals surface area contributed by atoms with Crippen molar-refractivity contribution in [3.05, 3.63) is 61.3 Å². The Hall–Kier alpha value is -2.71. The van der Waals surface area contributed by atoms with Gasteiger partial charge in [0.2, 0.25) is 21.8 Å². The number of hydrogen-bond acceptors (Lipinski definition) is 5. The van der Waals surface area contributed by atoms with Gasteiger partial charge in [0, 0.05) is 25.2 Å². The second-order valence-electron chi connectivity index (χ2n) is 7.47.